The topological polar surface area (TPSA) is 38.3 Å². The molecule has 0 aliphatic carbocycles. The minimum absolute atomic E-state index is 0.404. The van der Waals surface area contributed by atoms with Crippen LogP contribution in [0.1, 0.15) is 55.8 Å². The SMILES string of the molecule is CCCCCCCCNc1ccc(Cl)c(C(=O)OC)c1. The Balaban J connectivity index is 2.35. The predicted octanol–water partition coefficient (Wildman–Crippen LogP) is 4.90. The van der Waals surface area contributed by atoms with Crippen molar-refractivity contribution in [2.24, 2.45) is 0 Å². The summed E-state index contributed by atoms with van der Waals surface area (Å²) in [5, 5.41) is 3.73. The van der Waals surface area contributed by atoms with Gasteiger partial charge in [-0.1, -0.05) is 50.6 Å². The molecule has 1 rings (SSSR count). The van der Waals surface area contributed by atoms with Gasteiger partial charge in [-0.05, 0) is 24.6 Å². The van der Waals surface area contributed by atoms with Crippen LogP contribution < -0.4 is 5.32 Å². The van der Waals surface area contributed by atoms with E-state index in [4.69, 9.17) is 16.3 Å². The van der Waals surface area contributed by atoms with Crippen LogP contribution in [0.3, 0.4) is 0 Å². The lowest BCUT2D eigenvalue weighted by molar-refractivity contribution is 0.0601. The fourth-order valence-electron chi connectivity index (χ4n) is 2.04. The molecule has 0 amide bonds. The van der Waals surface area contributed by atoms with Crippen LogP contribution in [-0.4, -0.2) is 19.6 Å². The second-order valence-electron chi connectivity index (χ2n) is 4.88. The summed E-state index contributed by atoms with van der Waals surface area (Å²) in [7, 11) is 1.36. The maximum atomic E-state index is 11.5. The number of ether oxygens (including phenoxy) is 1. The highest BCUT2D eigenvalue weighted by Crippen LogP contribution is 2.21. The number of methoxy groups -OCH3 is 1. The van der Waals surface area contributed by atoms with E-state index in [-0.39, 0.29) is 0 Å². The van der Waals surface area contributed by atoms with E-state index in [9.17, 15) is 4.79 Å². The summed E-state index contributed by atoms with van der Waals surface area (Å²) in [6, 6.07) is 5.34. The second kappa shape index (κ2) is 9.65. The van der Waals surface area contributed by atoms with Crippen LogP contribution in [-0.2, 0) is 4.74 Å². The highest BCUT2D eigenvalue weighted by atomic mass is 35.5. The molecule has 0 aromatic heterocycles. The molecule has 1 aromatic carbocycles. The van der Waals surface area contributed by atoms with Crippen molar-refractivity contribution in [1.82, 2.24) is 0 Å². The van der Waals surface area contributed by atoms with Crippen molar-refractivity contribution in [3.63, 3.8) is 0 Å². The van der Waals surface area contributed by atoms with Gasteiger partial charge in [-0.3, -0.25) is 0 Å². The average Bonchev–Trinajstić information content (AvgIpc) is 2.47. The van der Waals surface area contributed by atoms with Gasteiger partial charge < -0.3 is 10.1 Å². The van der Waals surface area contributed by atoms with E-state index >= 15 is 0 Å². The Labute approximate surface area is 126 Å². The van der Waals surface area contributed by atoms with Gasteiger partial charge in [0, 0.05) is 12.2 Å². The largest absolute Gasteiger partial charge is 0.465 e. The van der Waals surface area contributed by atoms with Crippen molar-refractivity contribution >= 4 is 23.3 Å². The monoisotopic (exact) mass is 297 g/mol. The van der Waals surface area contributed by atoms with Crippen LogP contribution in [0.15, 0.2) is 18.2 Å². The Morgan fingerprint density at radius 3 is 2.60 bits per heavy atom. The van der Waals surface area contributed by atoms with Gasteiger partial charge >= 0.3 is 5.97 Å². The molecule has 0 bridgehead atoms. The van der Waals surface area contributed by atoms with Crippen LogP contribution in [0.4, 0.5) is 5.69 Å². The highest BCUT2D eigenvalue weighted by molar-refractivity contribution is 6.33. The van der Waals surface area contributed by atoms with E-state index in [1.165, 1.54) is 39.2 Å². The Morgan fingerprint density at radius 2 is 1.90 bits per heavy atom. The van der Waals surface area contributed by atoms with Crippen molar-refractivity contribution in [3.05, 3.63) is 28.8 Å². The number of hydrogen-bond acceptors (Lipinski definition) is 3. The zero-order valence-electron chi connectivity index (χ0n) is 12.4. The van der Waals surface area contributed by atoms with Crippen LogP contribution in [0, 0.1) is 0 Å². The first-order valence-corrected chi connectivity index (χ1v) is 7.68. The molecule has 0 heterocycles. The first-order valence-electron chi connectivity index (χ1n) is 7.30. The quantitative estimate of drug-likeness (QED) is 0.520. The molecule has 20 heavy (non-hydrogen) atoms. The van der Waals surface area contributed by atoms with E-state index in [1.54, 1.807) is 12.1 Å². The van der Waals surface area contributed by atoms with Crippen molar-refractivity contribution < 1.29 is 9.53 Å². The van der Waals surface area contributed by atoms with Gasteiger partial charge in [0.25, 0.3) is 0 Å². The van der Waals surface area contributed by atoms with E-state index < -0.39 is 5.97 Å². The first-order chi connectivity index (χ1) is 9.69. The summed E-state index contributed by atoms with van der Waals surface area (Å²) in [5.41, 5.74) is 1.31. The highest BCUT2D eigenvalue weighted by Gasteiger charge is 2.10. The molecule has 0 aliphatic heterocycles. The zero-order chi connectivity index (χ0) is 14.8. The molecule has 0 saturated heterocycles. The van der Waals surface area contributed by atoms with Gasteiger partial charge in [0.05, 0.1) is 17.7 Å². The molecule has 0 spiro atoms. The Hall–Kier alpha value is -1.22. The fourth-order valence-corrected chi connectivity index (χ4v) is 2.23. The summed E-state index contributed by atoms with van der Waals surface area (Å²) in [5.74, 6) is -0.404. The third-order valence-corrected chi connectivity index (χ3v) is 3.56. The summed E-state index contributed by atoms with van der Waals surface area (Å²) in [6.07, 6.45) is 7.60. The van der Waals surface area contributed by atoms with Crippen LogP contribution >= 0.6 is 11.6 Å². The van der Waals surface area contributed by atoms with Crippen LogP contribution in [0.5, 0.6) is 0 Å². The van der Waals surface area contributed by atoms with E-state index in [2.05, 4.69) is 12.2 Å². The van der Waals surface area contributed by atoms with Gasteiger partial charge in [-0.25, -0.2) is 4.79 Å². The molecular weight excluding hydrogens is 274 g/mol. The van der Waals surface area contributed by atoms with E-state index in [0.29, 0.717) is 10.6 Å². The number of unbranched alkanes of at least 4 members (excludes halogenated alkanes) is 5. The Morgan fingerprint density at radius 1 is 1.20 bits per heavy atom. The minimum atomic E-state index is -0.404. The molecule has 1 N–H and O–H groups in total. The lowest BCUT2D eigenvalue weighted by atomic mass is 10.1. The van der Waals surface area contributed by atoms with E-state index in [0.717, 1.165) is 18.7 Å². The lowest BCUT2D eigenvalue weighted by Crippen LogP contribution is -2.05. The molecule has 0 unspecified atom stereocenters. The summed E-state index contributed by atoms with van der Waals surface area (Å²) >= 11 is 5.97. The lowest BCUT2D eigenvalue weighted by Gasteiger charge is -2.09. The molecular formula is C16H24ClNO2. The standard InChI is InChI=1S/C16H24ClNO2/c1-3-4-5-6-7-8-11-18-13-9-10-15(17)14(12-13)16(19)20-2/h9-10,12,18H,3-8,11H2,1-2H3. The third-order valence-electron chi connectivity index (χ3n) is 3.23. The van der Waals surface area contributed by atoms with Gasteiger partial charge in [0.1, 0.15) is 0 Å². The number of rotatable bonds is 9. The van der Waals surface area contributed by atoms with Crippen LogP contribution in [0.2, 0.25) is 5.02 Å². The van der Waals surface area contributed by atoms with Crippen molar-refractivity contribution in [2.75, 3.05) is 19.0 Å². The van der Waals surface area contributed by atoms with Gasteiger partial charge in [-0.15, -0.1) is 0 Å². The maximum Gasteiger partial charge on any atom is 0.339 e. The minimum Gasteiger partial charge on any atom is -0.465 e. The third kappa shape index (κ3) is 5.83. The summed E-state index contributed by atoms with van der Waals surface area (Å²) in [4.78, 5) is 11.5. The summed E-state index contributed by atoms with van der Waals surface area (Å²) < 4.78 is 4.70. The van der Waals surface area contributed by atoms with Crippen molar-refractivity contribution in [2.45, 2.75) is 45.4 Å². The molecule has 112 valence electrons. The molecule has 0 aliphatic rings. The van der Waals surface area contributed by atoms with Gasteiger partial charge in [0.15, 0.2) is 0 Å². The smallest absolute Gasteiger partial charge is 0.339 e. The van der Waals surface area contributed by atoms with Crippen molar-refractivity contribution in [3.8, 4) is 0 Å². The molecule has 0 fully saturated rings. The Kier molecular flexibility index (Phi) is 8.12. The van der Waals surface area contributed by atoms with Crippen molar-refractivity contribution in [1.29, 1.82) is 0 Å². The number of benzene rings is 1. The summed E-state index contributed by atoms with van der Waals surface area (Å²) in [6.45, 7) is 3.13. The molecule has 4 heteroatoms. The second-order valence-corrected chi connectivity index (χ2v) is 5.29. The Bertz CT molecular complexity index is 421. The number of hydrogen-bond donors (Lipinski definition) is 1. The fraction of sp³-hybridized carbons (Fsp3) is 0.562. The number of esters is 1. The maximum absolute atomic E-state index is 11.5. The number of halogens is 1. The molecule has 0 atom stereocenters. The van der Waals surface area contributed by atoms with Gasteiger partial charge in [0.2, 0.25) is 0 Å². The normalized spacial score (nSPS) is 10.3. The zero-order valence-corrected chi connectivity index (χ0v) is 13.1. The van der Waals surface area contributed by atoms with Gasteiger partial charge in [-0.2, -0.15) is 0 Å². The van der Waals surface area contributed by atoms with E-state index in [1.807, 2.05) is 6.07 Å². The first kappa shape index (κ1) is 16.8. The number of carbonyl (C=O) groups is 1. The predicted molar refractivity (Wildman–Crippen MR) is 84.7 cm³/mol. The molecule has 0 saturated carbocycles. The molecule has 3 nitrogen and oxygen atoms in total. The molecule has 0 radical (unpaired) electrons. The average molecular weight is 298 g/mol. The van der Waals surface area contributed by atoms with Crippen LogP contribution in [0.25, 0.3) is 0 Å². The number of nitrogens with one attached hydrogen (secondary N) is 1. The molecule has 1 aromatic rings. The number of anilines is 1. The number of carbonyl (C=O) groups excluding carboxylic acids is 1.